The lowest BCUT2D eigenvalue weighted by atomic mass is 10.2. The number of carbonyl (C=O) groups is 1. The van der Waals surface area contributed by atoms with Crippen molar-refractivity contribution < 1.29 is 4.79 Å². The molecule has 1 unspecified atom stereocenters. The van der Waals surface area contributed by atoms with E-state index in [9.17, 15) is 4.79 Å². The normalized spacial score (nSPS) is 18.6. The van der Waals surface area contributed by atoms with Crippen LogP contribution >= 0.6 is 35.6 Å². The number of anilines is 1. The minimum atomic E-state index is -0.116. The van der Waals surface area contributed by atoms with Crippen LogP contribution in [0.25, 0.3) is 0 Å². The predicted octanol–water partition coefficient (Wildman–Crippen LogP) is 3.11. The van der Waals surface area contributed by atoms with Gasteiger partial charge in [0.2, 0.25) is 5.91 Å². The molecule has 1 heterocycles. The van der Waals surface area contributed by atoms with Crippen molar-refractivity contribution >= 4 is 47.2 Å². The predicted molar refractivity (Wildman–Crippen MR) is 73.4 cm³/mol. The van der Waals surface area contributed by atoms with Crippen LogP contribution < -0.4 is 10.6 Å². The monoisotopic (exact) mass is 294 g/mol. The van der Waals surface area contributed by atoms with Crippen LogP contribution in [0.15, 0.2) is 18.2 Å². The molecule has 1 saturated heterocycles. The first-order valence-electron chi connectivity index (χ1n) is 5.16. The molecular formula is C11H13Cl3N2O. The summed E-state index contributed by atoms with van der Waals surface area (Å²) >= 11 is 11.8. The Kier molecular flexibility index (Phi) is 5.53. The van der Waals surface area contributed by atoms with Gasteiger partial charge in [-0.3, -0.25) is 4.79 Å². The number of nitrogens with one attached hydrogen (secondary N) is 2. The summed E-state index contributed by atoms with van der Waals surface area (Å²) in [5.74, 6) is -0.0540. The van der Waals surface area contributed by atoms with Gasteiger partial charge in [0.1, 0.15) is 0 Å². The molecular weight excluding hydrogens is 282 g/mol. The van der Waals surface area contributed by atoms with Crippen LogP contribution in [-0.4, -0.2) is 18.5 Å². The molecule has 6 heteroatoms. The fourth-order valence-corrected chi connectivity index (χ4v) is 2.06. The lowest BCUT2D eigenvalue weighted by molar-refractivity contribution is -0.117. The molecule has 2 rings (SSSR count). The van der Waals surface area contributed by atoms with Gasteiger partial charge in [-0.2, -0.15) is 0 Å². The summed E-state index contributed by atoms with van der Waals surface area (Å²) in [6.07, 6.45) is 1.89. The Hall–Kier alpha value is -0.480. The van der Waals surface area contributed by atoms with Crippen molar-refractivity contribution in [2.75, 3.05) is 11.9 Å². The van der Waals surface area contributed by atoms with Crippen molar-refractivity contribution in [3.05, 3.63) is 28.2 Å². The van der Waals surface area contributed by atoms with Gasteiger partial charge in [-0.25, -0.2) is 0 Å². The number of hydrogen-bond donors (Lipinski definition) is 2. The van der Waals surface area contributed by atoms with Crippen molar-refractivity contribution in [1.82, 2.24) is 5.32 Å². The maximum absolute atomic E-state index is 11.8. The van der Waals surface area contributed by atoms with E-state index in [0.29, 0.717) is 15.7 Å². The van der Waals surface area contributed by atoms with Crippen LogP contribution in [0, 0.1) is 0 Å². The molecule has 17 heavy (non-hydrogen) atoms. The third-order valence-electron chi connectivity index (χ3n) is 2.56. The zero-order valence-corrected chi connectivity index (χ0v) is 11.3. The lowest BCUT2D eigenvalue weighted by Gasteiger charge is -2.12. The molecule has 0 aromatic heterocycles. The minimum absolute atomic E-state index is 0. The van der Waals surface area contributed by atoms with Crippen molar-refractivity contribution in [3.63, 3.8) is 0 Å². The van der Waals surface area contributed by atoms with Crippen LogP contribution in [-0.2, 0) is 4.79 Å². The first kappa shape index (κ1) is 14.6. The third-order valence-corrected chi connectivity index (χ3v) is 3.13. The number of halogens is 3. The second-order valence-electron chi connectivity index (χ2n) is 3.76. The number of hydrogen-bond acceptors (Lipinski definition) is 2. The summed E-state index contributed by atoms with van der Waals surface area (Å²) in [5.41, 5.74) is 0.563. The van der Waals surface area contributed by atoms with Crippen LogP contribution in [0.2, 0.25) is 10.0 Å². The fraction of sp³-hybridized carbons (Fsp3) is 0.364. The third kappa shape index (κ3) is 3.75. The van der Waals surface area contributed by atoms with E-state index in [1.54, 1.807) is 18.2 Å². The molecule has 3 nitrogen and oxygen atoms in total. The average Bonchev–Trinajstić information content (AvgIpc) is 2.76. The van der Waals surface area contributed by atoms with E-state index in [1.165, 1.54) is 0 Å². The molecule has 0 saturated carbocycles. The van der Waals surface area contributed by atoms with Gasteiger partial charge in [0.25, 0.3) is 0 Å². The van der Waals surface area contributed by atoms with Gasteiger partial charge >= 0.3 is 0 Å². The van der Waals surface area contributed by atoms with Gasteiger partial charge in [0.05, 0.1) is 16.8 Å². The molecule has 94 valence electrons. The van der Waals surface area contributed by atoms with E-state index < -0.39 is 0 Å². The van der Waals surface area contributed by atoms with Gasteiger partial charge in [-0.1, -0.05) is 23.2 Å². The first-order chi connectivity index (χ1) is 7.66. The zero-order valence-electron chi connectivity index (χ0n) is 9.00. The van der Waals surface area contributed by atoms with Gasteiger partial charge in [0, 0.05) is 5.02 Å². The van der Waals surface area contributed by atoms with Gasteiger partial charge < -0.3 is 10.6 Å². The van der Waals surface area contributed by atoms with Crippen molar-refractivity contribution in [2.45, 2.75) is 18.9 Å². The van der Waals surface area contributed by atoms with E-state index in [-0.39, 0.29) is 24.4 Å². The summed E-state index contributed by atoms with van der Waals surface area (Å²) in [6.45, 7) is 0.890. The molecule has 1 fully saturated rings. The Balaban J connectivity index is 0.00000144. The van der Waals surface area contributed by atoms with Gasteiger partial charge in [-0.05, 0) is 37.6 Å². The largest absolute Gasteiger partial charge is 0.323 e. The standard InChI is InChI=1S/C11H12Cl2N2O.ClH/c12-7-3-4-8(13)10(6-7)15-11(16)9-2-1-5-14-9;/h3-4,6,9,14H,1-2,5H2,(H,15,16);1H. The molecule has 1 amide bonds. The molecule has 0 spiro atoms. The highest BCUT2D eigenvalue weighted by atomic mass is 35.5. The van der Waals surface area contributed by atoms with Crippen LogP contribution in [0.5, 0.6) is 0 Å². The quantitative estimate of drug-likeness (QED) is 0.880. The minimum Gasteiger partial charge on any atom is -0.323 e. The van der Waals surface area contributed by atoms with Crippen molar-refractivity contribution in [1.29, 1.82) is 0 Å². The Morgan fingerprint density at radius 3 is 2.82 bits per heavy atom. The zero-order chi connectivity index (χ0) is 11.5. The number of amides is 1. The molecule has 1 aromatic rings. The smallest absolute Gasteiger partial charge is 0.241 e. The Bertz CT molecular complexity index is 406. The second kappa shape index (κ2) is 6.45. The highest BCUT2D eigenvalue weighted by Crippen LogP contribution is 2.25. The molecule has 1 aromatic carbocycles. The highest BCUT2D eigenvalue weighted by Gasteiger charge is 2.22. The fourth-order valence-electron chi connectivity index (χ4n) is 1.72. The van der Waals surface area contributed by atoms with Crippen LogP contribution in [0.1, 0.15) is 12.8 Å². The SMILES string of the molecule is Cl.O=C(Nc1cc(Cl)ccc1Cl)C1CCCN1. The van der Waals surface area contributed by atoms with Gasteiger partial charge in [-0.15, -0.1) is 12.4 Å². The summed E-state index contributed by atoms with van der Waals surface area (Å²) in [6, 6.07) is 4.89. The van der Waals surface area contributed by atoms with E-state index in [2.05, 4.69) is 10.6 Å². The first-order valence-corrected chi connectivity index (χ1v) is 5.92. The molecule has 1 aliphatic heterocycles. The maximum atomic E-state index is 11.8. The molecule has 0 bridgehead atoms. The highest BCUT2D eigenvalue weighted by molar-refractivity contribution is 6.35. The van der Waals surface area contributed by atoms with E-state index in [1.807, 2.05) is 0 Å². The summed E-state index contributed by atoms with van der Waals surface area (Å²) in [5, 5.41) is 6.95. The van der Waals surface area contributed by atoms with E-state index in [4.69, 9.17) is 23.2 Å². The topological polar surface area (TPSA) is 41.1 Å². The Morgan fingerprint density at radius 1 is 1.41 bits per heavy atom. The molecule has 0 radical (unpaired) electrons. The molecule has 1 atom stereocenters. The summed E-state index contributed by atoms with van der Waals surface area (Å²) in [7, 11) is 0. The summed E-state index contributed by atoms with van der Waals surface area (Å²) < 4.78 is 0. The Morgan fingerprint density at radius 2 is 2.18 bits per heavy atom. The molecule has 2 N–H and O–H groups in total. The molecule has 1 aliphatic rings. The number of carbonyl (C=O) groups excluding carboxylic acids is 1. The number of rotatable bonds is 2. The van der Waals surface area contributed by atoms with Gasteiger partial charge in [0.15, 0.2) is 0 Å². The van der Waals surface area contributed by atoms with E-state index >= 15 is 0 Å². The van der Waals surface area contributed by atoms with Crippen LogP contribution in [0.3, 0.4) is 0 Å². The van der Waals surface area contributed by atoms with Crippen molar-refractivity contribution in [3.8, 4) is 0 Å². The Labute approximate surface area is 116 Å². The number of benzene rings is 1. The van der Waals surface area contributed by atoms with Crippen molar-refractivity contribution in [2.24, 2.45) is 0 Å². The molecule has 0 aliphatic carbocycles. The second-order valence-corrected chi connectivity index (χ2v) is 4.61. The van der Waals surface area contributed by atoms with Crippen LogP contribution in [0.4, 0.5) is 5.69 Å². The average molecular weight is 296 g/mol. The summed E-state index contributed by atoms with van der Waals surface area (Å²) in [4.78, 5) is 11.8. The maximum Gasteiger partial charge on any atom is 0.241 e. The van der Waals surface area contributed by atoms with E-state index in [0.717, 1.165) is 19.4 Å². The lowest BCUT2D eigenvalue weighted by Crippen LogP contribution is -2.35.